The fourth-order valence-corrected chi connectivity index (χ4v) is 2.71. The monoisotopic (exact) mass is 337 g/mol. The fourth-order valence-electron chi connectivity index (χ4n) is 2.71. The molecular formula is C19H15NO5. The lowest BCUT2D eigenvalue weighted by Crippen LogP contribution is -2.35. The zero-order valence-corrected chi connectivity index (χ0v) is 13.4. The van der Waals surface area contributed by atoms with E-state index in [0.717, 1.165) is 11.0 Å². The number of benzene rings is 2. The van der Waals surface area contributed by atoms with Crippen LogP contribution in [0.5, 0.6) is 5.75 Å². The molecule has 25 heavy (non-hydrogen) atoms. The maximum absolute atomic E-state index is 12.4. The van der Waals surface area contributed by atoms with E-state index < -0.39 is 12.1 Å². The molecule has 1 aliphatic rings. The molecule has 0 bridgehead atoms. The van der Waals surface area contributed by atoms with Crippen LogP contribution in [-0.2, 0) is 16.1 Å². The molecular weight excluding hydrogens is 322 g/mol. The summed E-state index contributed by atoms with van der Waals surface area (Å²) >= 11 is 0. The first-order valence-electron chi connectivity index (χ1n) is 7.87. The van der Waals surface area contributed by atoms with Crippen LogP contribution in [0.2, 0.25) is 0 Å². The standard InChI is InChI=1S/C19H15NO5/c1-11-18(21)20-15-7-4-6-14(17(15)24-11)19(22)23-10-13-9-12-5-2-3-8-16(12)25-13/h2-9,11H,10H2,1H3,(H,20,21). The van der Waals surface area contributed by atoms with E-state index in [-0.39, 0.29) is 18.1 Å². The molecule has 6 nitrogen and oxygen atoms in total. The Labute approximate surface area is 143 Å². The van der Waals surface area contributed by atoms with Crippen molar-refractivity contribution in [3.8, 4) is 5.75 Å². The number of hydrogen-bond acceptors (Lipinski definition) is 5. The number of furan rings is 1. The highest BCUT2D eigenvalue weighted by Crippen LogP contribution is 2.34. The second-order valence-electron chi connectivity index (χ2n) is 5.76. The topological polar surface area (TPSA) is 77.8 Å². The van der Waals surface area contributed by atoms with Gasteiger partial charge in [-0.05, 0) is 31.2 Å². The molecule has 0 saturated carbocycles. The number of nitrogens with one attached hydrogen (secondary N) is 1. The lowest BCUT2D eigenvalue weighted by atomic mass is 10.1. The molecule has 126 valence electrons. The normalized spacial score (nSPS) is 16.0. The van der Waals surface area contributed by atoms with Gasteiger partial charge in [-0.2, -0.15) is 0 Å². The van der Waals surface area contributed by atoms with Crippen LogP contribution in [0.25, 0.3) is 11.0 Å². The molecule has 0 spiro atoms. The predicted molar refractivity (Wildman–Crippen MR) is 90.5 cm³/mol. The quantitative estimate of drug-likeness (QED) is 0.740. The summed E-state index contributed by atoms with van der Waals surface area (Å²) in [5, 5.41) is 3.66. The molecule has 1 amide bonds. The third-order valence-electron chi connectivity index (χ3n) is 3.98. The van der Waals surface area contributed by atoms with Crippen molar-refractivity contribution in [1.29, 1.82) is 0 Å². The van der Waals surface area contributed by atoms with Crippen molar-refractivity contribution in [2.24, 2.45) is 0 Å². The first-order valence-corrected chi connectivity index (χ1v) is 7.87. The third-order valence-corrected chi connectivity index (χ3v) is 3.98. The zero-order chi connectivity index (χ0) is 17.4. The van der Waals surface area contributed by atoms with Gasteiger partial charge in [0, 0.05) is 5.39 Å². The van der Waals surface area contributed by atoms with Gasteiger partial charge in [0.15, 0.2) is 11.9 Å². The Balaban J connectivity index is 1.53. The van der Waals surface area contributed by atoms with Gasteiger partial charge >= 0.3 is 5.97 Å². The van der Waals surface area contributed by atoms with Crippen LogP contribution in [0.15, 0.2) is 52.9 Å². The molecule has 2 heterocycles. The summed E-state index contributed by atoms with van der Waals surface area (Å²) in [4.78, 5) is 24.1. The van der Waals surface area contributed by atoms with Gasteiger partial charge in [-0.25, -0.2) is 4.79 Å². The molecule has 3 aromatic rings. The van der Waals surface area contributed by atoms with E-state index in [0.29, 0.717) is 17.2 Å². The van der Waals surface area contributed by atoms with Crippen LogP contribution < -0.4 is 10.1 Å². The average Bonchev–Trinajstić information content (AvgIpc) is 3.03. The van der Waals surface area contributed by atoms with E-state index >= 15 is 0 Å². The molecule has 0 fully saturated rings. The second kappa shape index (κ2) is 5.98. The van der Waals surface area contributed by atoms with E-state index in [2.05, 4.69) is 5.32 Å². The number of esters is 1. The Hall–Kier alpha value is -3.28. The largest absolute Gasteiger partial charge is 0.478 e. The van der Waals surface area contributed by atoms with Crippen LogP contribution in [0, 0.1) is 0 Å². The molecule has 2 aromatic carbocycles. The minimum atomic E-state index is -0.670. The van der Waals surface area contributed by atoms with E-state index in [1.54, 1.807) is 25.1 Å². The van der Waals surface area contributed by atoms with Crippen molar-refractivity contribution in [3.05, 3.63) is 59.9 Å². The SMILES string of the molecule is CC1Oc2c(cccc2C(=O)OCc2cc3ccccc3o2)NC1=O. The third kappa shape index (κ3) is 2.82. The van der Waals surface area contributed by atoms with Gasteiger partial charge in [0.25, 0.3) is 5.91 Å². The molecule has 6 heteroatoms. The summed E-state index contributed by atoms with van der Waals surface area (Å²) < 4.78 is 16.5. The summed E-state index contributed by atoms with van der Waals surface area (Å²) in [5.74, 6) is 0.0899. The van der Waals surface area contributed by atoms with Crippen LogP contribution in [0.3, 0.4) is 0 Å². The van der Waals surface area contributed by atoms with Crippen LogP contribution in [0.1, 0.15) is 23.0 Å². The van der Waals surface area contributed by atoms with Crippen molar-refractivity contribution in [2.45, 2.75) is 19.6 Å². The number of hydrogen-bond donors (Lipinski definition) is 1. The Morgan fingerprint density at radius 3 is 2.88 bits per heavy atom. The predicted octanol–water partition coefficient (Wildman–Crippen LogP) is 3.51. The van der Waals surface area contributed by atoms with E-state index in [4.69, 9.17) is 13.9 Å². The van der Waals surface area contributed by atoms with Crippen molar-refractivity contribution in [3.63, 3.8) is 0 Å². The lowest BCUT2D eigenvalue weighted by molar-refractivity contribution is -0.122. The number of ether oxygens (including phenoxy) is 2. The van der Waals surface area contributed by atoms with E-state index in [1.165, 1.54) is 0 Å². The molecule has 1 aliphatic heterocycles. The van der Waals surface area contributed by atoms with Crippen molar-refractivity contribution >= 4 is 28.5 Å². The number of amides is 1. The maximum Gasteiger partial charge on any atom is 0.342 e. The lowest BCUT2D eigenvalue weighted by Gasteiger charge is -2.24. The highest BCUT2D eigenvalue weighted by molar-refractivity contribution is 6.02. The smallest absolute Gasteiger partial charge is 0.342 e. The average molecular weight is 337 g/mol. The van der Waals surface area contributed by atoms with Gasteiger partial charge in [-0.1, -0.05) is 24.3 Å². The van der Waals surface area contributed by atoms with Crippen molar-refractivity contribution in [2.75, 3.05) is 5.32 Å². The first kappa shape index (κ1) is 15.3. The molecule has 1 N–H and O–H groups in total. The number of rotatable bonds is 3. The number of para-hydroxylation sites is 2. The molecule has 0 saturated heterocycles. The Kier molecular flexibility index (Phi) is 3.65. The highest BCUT2D eigenvalue weighted by atomic mass is 16.5. The minimum Gasteiger partial charge on any atom is -0.478 e. The van der Waals surface area contributed by atoms with Gasteiger partial charge in [0.1, 0.15) is 23.5 Å². The molecule has 1 unspecified atom stereocenters. The first-order chi connectivity index (χ1) is 12.1. The number of anilines is 1. The second-order valence-corrected chi connectivity index (χ2v) is 5.76. The van der Waals surface area contributed by atoms with Crippen molar-refractivity contribution < 1.29 is 23.5 Å². The van der Waals surface area contributed by atoms with Crippen LogP contribution in [-0.4, -0.2) is 18.0 Å². The highest BCUT2D eigenvalue weighted by Gasteiger charge is 2.28. The minimum absolute atomic E-state index is 0.0130. The summed E-state index contributed by atoms with van der Waals surface area (Å²) in [5.41, 5.74) is 1.47. The van der Waals surface area contributed by atoms with Gasteiger partial charge in [-0.15, -0.1) is 0 Å². The number of carbonyl (C=O) groups excluding carboxylic acids is 2. The molecule has 1 atom stereocenters. The summed E-state index contributed by atoms with van der Waals surface area (Å²) in [6, 6.07) is 14.3. The van der Waals surface area contributed by atoms with Gasteiger partial charge in [-0.3, -0.25) is 4.79 Å². The summed E-state index contributed by atoms with van der Waals surface area (Å²) in [6.45, 7) is 1.63. The Morgan fingerprint density at radius 2 is 2.04 bits per heavy atom. The van der Waals surface area contributed by atoms with E-state index in [1.807, 2.05) is 30.3 Å². The fraction of sp³-hybridized carbons (Fsp3) is 0.158. The van der Waals surface area contributed by atoms with Crippen molar-refractivity contribution in [1.82, 2.24) is 0 Å². The molecule has 1 aromatic heterocycles. The zero-order valence-electron chi connectivity index (χ0n) is 13.4. The Morgan fingerprint density at radius 1 is 1.20 bits per heavy atom. The summed E-state index contributed by atoms with van der Waals surface area (Å²) in [7, 11) is 0. The molecule has 0 radical (unpaired) electrons. The summed E-state index contributed by atoms with van der Waals surface area (Å²) in [6.07, 6.45) is -0.670. The maximum atomic E-state index is 12.4. The van der Waals surface area contributed by atoms with Gasteiger partial charge in [0.2, 0.25) is 0 Å². The van der Waals surface area contributed by atoms with Gasteiger partial charge < -0.3 is 19.2 Å². The molecule has 4 rings (SSSR count). The van der Waals surface area contributed by atoms with Crippen LogP contribution >= 0.6 is 0 Å². The number of carbonyl (C=O) groups is 2. The number of fused-ring (bicyclic) bond motifs is 2. The molecule has 0 aliphatic carbocycles. The van der Waals surface area contributed by atoms with E-state index in [9.17, 15) is 9.59 Å². The van der Waals surface area contributed by atoms with Crippen LogP contribution in [0.4, 0.5) is 5.69 Å². The Bertz CT molecular complexity index is 942. The van der Waals surface area contributed by atoms with Gasteiger partial charge in [0.05, 0.1) is 5.69 Å².